The van der Waals surface area contributed by atoms with E-state index in [1.807, 2.05) is 12.1 Å². The van der Waals surface area contributed by atoms with Gasteiger partial charge in [-0.2, -0.15) is 0 Å². The molecule has 1 aliphatic heterocycles. The number of benzene rings is 1. The molecule has 4 rings (SSSR count). The molecule has 0 saturated carbocycles. The van der Waals surface area contributed by atoms with E-state index in [4.69, 9.17) is 16.0 Å². The van der Waals surface area contributed by atoms with Crippen LogP contribution in [0.25, 0.3) is 11.3 Å². The predicted molar refractivity (Wildman–Crippen MR) is 149 cm³/mol. The second kappa shape index (κ2) is 10.7. The van der Waals surface area contributed by atoms with Crippen molar-refractivity contribution < 1.29 is 8.82 Å². The van der Waals surface area contributed by atoms with Gasteiger partial charge in [0.2, 0.25) is 5.95 Å². The predicted octanol–water partition coefficient (Wildman–Crippen LogP) is 6.09. The molecule has 1 atom stereocenters. The van der Waals surface area contributed by atoms with Crippen LogP contribution in [-0.4, -0.2) is 42.2 Å². The molecule has 0 amide bonds. The zero-order valence-electron chi connectivity index (χ0n) is 21.6. The van der Waals surface area contributed by atoms with E-state index in [1.54, 1.807) is 35.3 Å². The zero-order valence-corrected chi connectivity index (χ0v) is 23.4. The van der Waals surface area contributed by atoms with Crippen molar-refractivity contribution in [2.24, 2.45) is 4.99 Å². The molecule has 0 bridgehead atoms. The van der Waals surface area contributed by atoms with Crippen LogP contribution < -0.4 is 10.9 Å². The molecule has 1 N–H and O–H groups in total. The normalized spacial score (nSPS) is 14.5. The summed E-state index contributed by atoms with van der Waals surface area (Å²) < 4.78 is 22.4. The van der Waals surface area contributed by atoms with E-state index in [0.29, 0.717) is 29.3 Å². The summed E-state index contributed by atoms with van der Waals surface area (Å²) in [6, 6.07) is 9.16. The summed E-state index contributed by atoms with van der Waals surface area (Å²) in [5, 5.41) is 3.16. The van der Waals surface area contributed by atoms with Gasteiger partial charge in [0.15, 0.2) is 8.32 Å². The number of nitrogens with one attached hydrogen (secondary N) is 1. The number of aliphatic imine (C=N–C) groups is 1. The first-order chi connectivity index (χ1) is 17.4. The van der Waals surface area contributed by atoms with Crippen LogP contribution in [0.2, 0.25) is 23.2 Å². The molecule has 0 fully saturated rings. The Hall–Kier alpha value is -3.14. The molecule has 3 aromatic rings. The maximum atomic E-state index is 14.4. The lowest BCUT2D eigenvalue weighted by molar-refractivity contribution is 0.246. The van der Waals surface area contributed by atoms with E-state index < -0.39 is 20.2 Å². The SMILES string of the molecule is CC(C)(C)[Si](C)(C)OC[C@H](c1ccc(Cl)c(F)c1)n1ccc(-c2ccnc(NC3=CC=NC3)n2)cc1=O. The average Bonchev–Trinajstić information content (AvgIpc) is 3.34. The second-order valence-corrected chi connectivity index (χ2v) is 15.7. The van der Waals surface area contributed by atoms with Crippen LogP contribution in [0.5, 0.6) is 0 Å². The molecular weight excluding hydrogens is 509 g/mol. The average molecular weight is 540 g/mol. The molecule has 37 heavy (non-hydrogen) atoms. The van der Waals surface area contributed by atoms with Gasteiger partial charge in [-0.1, -0.05) is 38.4 Å². The molecule has 0 aliphatic carbocycles. The van der Waals surface area contributed by atoms with Crippen LogP contribution in [0, 0.1) is 5.82 Å². The fraction of sp³-hybridized carbons (Fsp3) is 0.333. The number of halogens is 2. The summed E-state index contributed by atoms with van der Waals surface area (Å²) in [6.45, 7) is 11.5. The van der Waals surface area contributed by atoms with Gasteiger partial charge >= 0.3 is 0 Å². The van der Waals surface area contributed by atoms with Crippen molar-refractivity contribution in [3.8, 4) is 11.3 Å². The van der Waals surface area contributed by atoms with Gasteiger partial charge in [0.1, 0.15) is 5.82 Å². The van der Waals surface area contributed by atoms with Crippen LogP contribution in [0.15, 0.2) is 70.4 Å². The number of hydrogen-bond acceptors (Lipinski definition) is 6. The topological polar surface area (TPSA) is 81.4 Å². The Bertz CT molecular complexity index is 1410. The molecule has 0 spiro atoms. The van der Waals surface area contributed by atoms with Crippen LogP contribution in [0.1, 0.15) is 32.4 Å². The Morgan fingerprint density at radius 1 is 1.22 bits per heavy atom. The number of allylic oxidation sites excluding steroid dienone is 1. The van der Waals surface area contributed by atoms with Crippen molar-refractivity contribution in [1.29, 1.82) is 0 Å². The van der Waals surface area contributed by atoms with E-state index in [9.17, 15) is 9.18 Å². The van der Waals surface area contributed by atoms with Gasteiger partial charge < -0.3 is 14.3 Å². The minimum absolute atomic E-state index is 0.0168. The maximum Gasteiger partial charge on any atom is 0.251 e. The van der Waals surface area contributed by atoms with Crippen molar-refractivity contribution >= 4 is 32.1 Å². The van der Waals surface area contributed by atoms with Gasteiger partial charge in [0, 0.05) is 35.9 Å². The minimum Gasteiger partial charge on any atom is -0.414 e. The van der Waals surface area contributed by atoms with Gasteiger partial charge in [-0.25, -0.2) is 14.4 Å². The maximum absolute atomic E-state index is 14.4. The number of anilines is 1. The van der Waals surface area contributed by atoms with Crippen LogP contribution >= 0.6 is 11.6 Å². The lowest BCUT2D eigenvalue weighted by atomic mass is 10.1. The van der Waals surface area contributed by atoms with Crippen LogP contribution in [0.3, 0.4) is 0 Å². The summed E-state index contributed by atoms with van der Waals surface area (Å²) in [5.41, 5.74) is 2.50. The summed E-state index contributed by atoms with van der Waals surface area (Å²) in [7, 11) is -2.13. The molecule has 10 heteroatoms. The van der Waals surface area contributed by atoms with E-state index in [2.05, 4.69) is 54.1 Å². The monoisotopic (exact) mass is 539 g/mol. The molecular formula is C27H31ClFN5O2Si. The number of rotatable bonds is 8. The Morgan fingerprint density at radius 2 is 2.00 bits per heavy atom. The molecule has 0 radical (unpaired) electrons. The fourth-order valence-electron chi connectivity index (χ4n) is 3.62. The van der Waals surface area contributed by atoms with E-state index in [0.717, 1.165) is 5.70 Å². The van der Waals surface area contributed by atoms with Crippen LogP contribution in [0.4, 0.5) is 10.3 Å². The van der Waals surface area contributed by atoms with Crippen molar-refractivity contribution in [3.63, 3.8) is 0 Å². The standard InChI is InChI=1S/C27H31ClFN5O2Si/c1-27(2,3)37(4,5)36-17-24(19-6-7-21(28)22(29)14-19)34-13-10-18(15-25(34)35)23-9-12-31-26(33-23)32-20-8-11-30-16-20/h6-15,24H,16-17H2,1-5H3,(H,31,32,33)/t24-/m1/s1. The molecule has 194 valence electrons. The van der Waals surface area contributed by atoms with E-state index >= 15 is 0 Å². The highest BCUT2D eigenvalue weighted by Gasteiger charge is 2.38. The highest BCUT2D eigenvalue weighted by atomic mass is 35.5. The third-order valence-electron chi connectivity index (χ3n) is 6.89. The number of aromatic nitrogens is 3. The van der Waals surface area contributed by atoms with Crippen molar-refractivity contribution in [2.75, 3.05) is 18.5 Å². The Balaban J connectivity index is 1.66. The van der Waals surface area contributed by atoms with E-state index in [1.165, 1.54) is 18.2 Å². The molecule has 7 nitrogen and oxygen atoms in total. The summed E-state index contributed by atoms with van der Waals surface area (Å²) in [5.74, 6) is -0.110. The summed E-state index contributed by atoms with van der Waals surface area (Å²) in [6.07, 6.45) is 6.93. The molecule has 0 unspecified atom stereocenters. The summed E-state index contributed by atoms with van der Waals surface area (Å²) in [4.78, 5) is 26.3. The third kappa shape index (κ3) is 6.23. The largest absolute Gasteiger partial charge is 0.414 e. The molecule has 2 aromatic heterocycles. The first-order valence-corrected chi connectivity index (χ1v) is 15.3. The lowest BCUT2D eigenvalue weighted by Crippen LogP contribution is -2.43. The molecule has 0 saturated heterocycles. The lowest BCUT2D eigenvalue weighted by Gasteiger charge is -2.37. The quantitative estimate of drug-likeness (QED) is 0.350. The Labute approximate surface area is 222 Å². The number of hydrogen-bond donors (Lipinski definition) is 1. The first-order valence-electron chi connectivity index (χ1n) is 12.1. The molecule has 3 heterocycles. The Morgan fingerprint density at radius 3 is 2.65 bits per heavy atom. The first kappa shape index (κ1) is 26.9. The smallest absolute Gasteiger partial charge is 0.251 e. The van der Waals surface area contributed by atoms with Crippen molar-refractivity contribution in [1.82, 2.24) is 14.5 Å². The van der Waals surface area contributed by atoms with Gasteiger partial charge in [-0.3, -0.25) is 9.79 Å². The van der Waals surface area contributed by atoms with Gasteiger partial charge in [-0.05, 0) is 54.0 Å². The van der Waals surface area contributed by atoms with Gasteiger partial charge in [0.25, 0.3) is 5.56 Å². The van der Waals surface area contributed by atoms with E-state index in [-0.39, 0.29) is 22.2 Å². The van der Waals surface area contributed by atoms with Crippen molar-refractivity contribution in [2.45, 2.75) is 44.9 Å². The highest BCUT2D eigenvalue weighted by molar-refractivity contribution is 6.74. The minimum atomic E-state index is -2.13. The second-order valence-electron chi connectivity index (χ2n) is 10.5. The molecule has 1 aromatic carbocycles. The number of pyridine rings is 1. The van der Waals surface area contributed by atoms with Gasteiger partial charge in [0.05, 0.1) is 29.9 Å². The van der Waals surface area contributed by atoms with Crippen molar-refractivity contribution in [3.05, 3.63) is 87.3 Å². The zero-order chi connectivity index (χ0) is 26.8. The fourth-order valence-corrected chi connectivity index (χ4v) is 4.74. The highest BCUT2D eigenvalue weighted by Crippen LogP contribution is 2.37. The molecule has 1 aliphatic rings. The summed E-state index contributed by atoms with van der Waals surface area (Å²) >= 11 is 5.93. The van der Waals surface area contributed by atoms with Gasteiger partial charge in [-0.15, -0.1) is 0 Å². The number of nitrogens with zero attached hydrogens (tertiary/aromatic N) is 4. The third-order valence-corrected chi connectivity index (χ3v) is 11.7. The Kier molecular flexibility index (Phi) is 7.77. The van der Waals surface area contributed by atoms with Crippen LogP contribution in [-0.2, 0) is 4.43 Å².